The molecule has 1 N–H and O–H groups in total. The van der Waals surface area contributed by atoms with Gasteiger partial charge in [0.05, 0.1) is 22.3 Å². The number of phenols is 1. The van der Waals surface area contributed by atoms with Crippen molar-refractivity contribution in [3.8, 4) is 39.5 Å². The minimum absolute atomic E-state index is 0.246. The van der Waals surface area contributed by atoms with Gasteiger partial charge in [0.2, 0.25) is 0 Å². The van der Waals surface area contributed by atoms with Gasteiger partial charge >= 0.3 is 0 Å². The molecule has 0 saturated carbocycles. The molecular weight excluding hydrogens is 418 g/mol. The van der Waals surface area contributed by atoms with Crippen LogP contribution in [-0.2, 0) is 19.4 Å². The lowest BCUT2D eigenvalue weighted by molar-refractivity contribution is 0.476. The standard InChI is InChI=1S/C30H27N3O/c1-2-33-26-15-8-14-24(29(26)32-30(33)25-13-5-6-16-27(25)34)21-10-7-11-22(19-21)28-23-12-4-3-9-20(23)17-18-31-28/h5-8,10-11,13-19,34H,2-4,9,12H2,1H3. The summed E-state index contributed by atoms with van der Waals surface area (Å²) >= 11 is 0. The maximum Gasteiger partial charge on any atom is 0.144 e. The van der Waals surface area contributed by atoms with Crippen LogP contribution >= 0.6 is 0 Å². The molecule has 1 aliphatic carbocycles. The monoisotopic (exact) mass is 445 g/mol. The average Bonchev–Trinajstić information content (AvgIpc) is 3.27. The second-order valence-corrected chi connectivity index (χ2v) is 8.96. The molecule has 0 radical (unpaired) electrons. The van der Waals surface area contributed by atoms with E-state index in [1.807, 2.05) is 24.4 Å². The summed E-state index contributed by atoms with van der Waals surface area (Å²) in [6.07, 6.45) is 6.69. The average molecular weight is 446 g/mol. The lowest BCUT2D eigenvalue weighted by atomic mass is 9.88. The van der Waals surface area contributed by atoms with Gasteiger partial charge in [-0.1, -0.05) is 42.5 Å². The Labute approximate surface area is 199 Å². The molecule has 0 unspecified atom stereocenters. The van der Waals surface area contributed by atoms with Crippen LogP contribution in [0.1, 0.15) is 30.9 Å². The first-order valence-electron chi connectivity index (χ1n) is 12.1. The van der Waals surface area contributed by atoms with Gasteiger partial charge < -0.3 is 9.67 Å². The summed E-state index contributed by atoms with van der Waals surface area (Å²) in [5.74, 6) is 1.04. The van der Waals surface area contributed by atoms with E-state index < -0.39 is 0 Å². The van der Waals surface area contributed by atoms with Gasteiger partial charge in [-0.15, -0.1) is 0 Å². The van der Waals surface area contributed by atoms with Crippen LogP contribution in [0.15, 0.2) is 79.0 Å². The number of aryl methyl sites for hydroxylation is 2. The third-order valence-electron chi connectivity index (χ3n) is 6.96. The van der Waals surface area contributed by atoms with Crippen LogP contribution in [0.25, 0.3) is 44.8 Å². The Hall–Kier alpha value is -3.92. The molecule has 2 aromatic heterocycles. The molecule has 1 aliphatic rings. The molecule has 34 heavy (non-hydrogen) atoms. The van der Waals surface area contributed by atoms with Crippen molar-refractivity contribution < 1.29 is 5.11 Å². The molecule has 0 amide bonds. The van der Waals surface area contributed by atoms with Crippen LogP contribution < -0.4 is 0 Å². The molecule has 0 spiro atoms. The van der Waals surface area contributed by atoms with Crippen molar-refractivity contribution in [1.82, 2.24) is 14.5 Å². The van der Waals surface area contributed by atoms with Crippen LogP contribution in [-0.4, -0.2) is 19.6 Å². The maximum absolute atomic E-state index is 10.5. The molecule has 3 aromatic carbocycles. The highest BCUT2D eigenvalue weighted by atomic mass is 16.3. The first kappa shape index (κ1) is 20.7. The normalized spacial score (nSPS) is 13.2. The number of benzene rings is 3. The highest BCUT2D eigenvalue weighted by Gasteiger charge is 2.19. The number of pyridine rings is 1. The summed E-state index contributed by atoms with van der Waals surface area (Å²) in [6.45, 7) is 2.88. The van der Waals surface area contributed by atoms with Crippen LogP contribution in [0.3, 0.4) is 0 Å². The van der Waals surface area contributed by atoms with E-state index in [2.05, 4.69) is 60.0 Å². The number of aromatic nitrogens is 3. The zero-order valence-corrected chi connectivity index (χ0v) is 19.3. The second kappa shape index (κ2) is 8.45. The van der Waals surface area contributed by atoms with Crippen molar-refractivity contribution in [1.29, 1.82) is 0 Å². The van der Waals surface area contributed by atoms with E-state index in [-0.39, 0.29) is 5.75 Å². The Kier molecular flexibility index (Phi) is 5.14. The number of nitrogens with zero attached hydrogens (tertiary/aromatic N) is 3. The Morgan fingerprint density at radius 3 is 2.53 bits per heavy atom. The summed E-state index contributed by atoms with van der Waals surface area (Å²) in [5, 5.41) is 10.5. The number of hydrogen-bond donors (Lipinski definition) is 1. The molecule has 0 bridgehead atoms. The molecular formula is C30H27N3O. The van der Waals surface area contributed by atoms with Crippen molar-refractivity contribution in [3.05, 3.63) is 90.1 Å². The van der Waals surface area contributed by atoms with Crippen molar-refractivity contribution in [3.63, 3.8) is 0 Å². The molecule has 0 fully saturated rings. The predicted octanol–water partition coefficient (Wildman–Crippen LogP) is 7.04. The molecule has 4 nitrogen and oxygen atoms in total. The van der Waals surface area contributed by atoms with E-state index >= 15 is 0 Å². The van der Waals surface area contributed by atoms with Gasteiger partial charge in [0.15, 0.2) is 0 Å². The minimum atomic E-state index is 0.246. The Morgan fingerprint density at radius 2 is 1.65 bits per heavy atom. The van der Waals surface area contributed by atoms with E-state index in [0.717, 1.165) is 64.2 Å². The van der Waals surface area contributed by atoms with Crippen molar-refractivity contribution >= 4 is 11.0 Å². The van der Waals surface area contributed by atoms with Gasteiger partial charge in [0.25, 0.3) is 0 Å². The zero-order valence-electron chi connectivity index (χ0n) is 19.3. The predicted molar refractivity (Wildman–Crippen MR) is 138 cm³/mol. The number of para-hydroxylation sites is 2. The number of rotatable bonds is 4. The fourth-order valence-corrected chi connectivity index (χ4v) is 5.31. The molecule has 0 atom stereocenters. The largest absolute Gasteiger partial charge is 0.507 e. The third kappa shape index (κ3) is 3.38. The summed E-state index contributed by atoms with van der Waals surface area (Å²) in [4.78, 5) is 9.84. The van der Waals surface area contributed by atoms with E-state index in [0.29, 0.717) is 0 Å². The Balaban J connectivity index is 1.52. The smallest absolute Gasteiger partial charge is 0.144 e. The van der Waals surface area contributed by atoms with Crippen molar-refractivity contribution in [2.75, 3.05) is 0 Å². The van der Waals surface area contributed by atoms with Gasteiger partial charge in [-0.25, -0.2) is 4.98 Å². The molecule has 168 valence electrons. The first-order valence-corrected chi connectivity index (χ1v) is 12.1. The molecule has 4 heteroatoms. The molecule has 0 aliphatic heterocycles. The molecule has 6 rings (SSSR count). The zero-order chi connectivity index (χ0) is 23.1. The Morgan fingerprint density at radius 1 is 0.853 bits per heavy atom. The number of fused-ring (bicyclic) bond motifs is 2. The number of aromatic hydroxyl groups is 1. The minimum Gasteiger partial charge on any atom is -0.507 e. The van der Waals surface area contributed by atoms with Crippen LogP contribution in [0, 0.1) is 0 Å². The Bertz CT molecular complexity index is 1520. The van der Waals surface area contributed by atoms with Gasteiger partial charge in [-0.05, 0) is 79.6 Å². The molecule has 5 aromatic rings. The SMILES string of the molecule is CCn1c(-c2ccccc2O)nc2c(-c3cccc(-c4nccc5c4CCCC5)c3)cccc21. The number of phenolic OH excluding ortho intramolecular Hbond substituents is 1. The number of hydrogen-bond acceptors (Lipinski definition) is 3. The van der Waals surface area contributed by atoms with Crippen LogP contribution in [0.4, 0.5) is 0 Å². The van der Waals surface area contributed by atoms with E-state index in [9.17, 15) is 5.11 Å². The van der Waals surface area contributed by atoms with Crippen LogP contribution in [0.5, 0.6) is 5.75 Å². The van der Waals surface area contributed by atoms with Crippen molar-refractivity contribution in [2.45, 2.75) is 39.2 Å². The van der Waals surface area contributed by atoms with Gasteiger partial charge in [0.1, 0.15) is 11.6 Å². The quantitative estimate of drug-likeness (QED) is 0.323. The van der Waals surface area contributed by atoms with E-state index in [1.165, 1.54) is 24.0 Å². The maximum atomic E-state index is 10.5. The van der Waals surface area contributed by atoms with Gasteiger partial charge in [0, 0.05) is 23.9 Å². The number of imidazole rings is 1. The molecule has 2 heterocycles. The third-order valence-corrected chi connectivity index (χ3v) is 6.96. The summed E-state index contributed by atoms with van der Waals surface area (Å²) in [6, 6.07) is 24.6. The molecule has 0 saturated heterocycles. The topological polar surface area (TPSA) is 50.9 Å². The van der Waals surface area contributed by atoms with Crippen LogP contribution in [0.2, 0.25) is 0 Å². The van der Waals surface area contributed by atoms with Crippen molar-refractivity contribution in [2.24, 2.45) is 0 Å². The van der Waals surface area contributed by atoms with Gasteiger partial charge in [-0.2, -0.15) is 0 Å². The summed E-state index contributed by atoms with van der Waals surface area (Å²) in [7, 11) is 0. The first-order chi connectivity index (χ1) is 16.7. The lowest BCUT2D eigenvalue weighted by Gasteiger charge is -2.18. The summed E-state index contributed by atoms with van der Waals surface area (Å²) in [5.41, 5.74) is 10.1. The van der Waals surface area contributed by atoms with E-state index in [4.69, 9.17) is 9.97 Å². The van der Waals surface area contributed by atoms with Gasteiger partial charge in [-0.3, -0.25) is 4.98 Å². The summed E-state index contributed by atoms with van der Waals surface area (Å²) < 4.78 is 2.17. The fourth-order valence-electron chi connectivity index (χ4n) is 5.31. The fraction of sp³-hybridized carbons (Fsp3) is 0.200. The highest BCUT2D eigenvalue weighted by Crippen LogP contribution is 2.37. The van der Waals surface area contributed by atoms with E-state index in [1.54, 1.807) is 6.07 Å². The second-order valence-electron chi connectivity index (χ2n) is 8.96. The lowest BCUT2D eigenvalue weighted by Crippen LogP contribution is -2.05. The highest BCUT2D eigenvalue weighted by molar-refractivity contribution is 5.95.